The number of aromatic nitrogens is 3. The average Bonchev–Trinajstić information content (AvgIpc) is 2.80. The summed E-state index contributed by atoms with van der Waals surface area (Å²) in [5, 5.41) is 7.33. The van der Waals surface area contributed by atoms with Crippen LogP contribution >= 0.6 is 0 Å². The first kappa shape index (κ1) is 13.1. The molecule has 20 heavy (non-hydrogen) atoms. The van der Waals surface area contributed by atoms with Crippen molar-refractivity contribution in [2.24, 2.45) is 0 Å². The molecule has 1 saturated carbocycles. The summed E-state index contributed by atoms with van der Waals surface area (Å²) >= 11 is 0. The molecule has 1 aliphatic rings. The van der Waals surface area contributed by atoms with Gasteiger partial charge in [0.05, 0.1) is 17.0 Å². The topological polar surface area (TPSA) is 63.8 Å². The van der Waals surface area contributed by atoms with Crippen molar-refractivity contribution in [2.45, 2.75) is 52.0 Å². The van der Waals surface area contributed by atoms with Gasteiger partial charge in [-0.15, -0.1) is 0 Å². The van der Waals surface area contributed by atoms with Crippen LogP contribution in [0.5, 0.6) is 0 Å². The molecule has 0 aliphatic heterocycles. The van der Waals surface area contributed by atoms with E-state index in [1.165, 1.54) is 19.3 Å². The quantitative estimate of drug-likeness (QED) is 0.922. The number of nitrogens with zero attached hydrogens (tertiary/aromatic N) is 3. The zero-order valence-electron chi connectivity index (χ0n) is 12.2. The summed E-state index contributed by atoms with van der Waals surface area (Å²) in [6, 6.07) is 2.46. The number of hydrogen-bond acceptors (Lipinski definition) is 5. The van der Waals surface area contributed by atoms with E-state index in [0.717, 1.165) is 28.7 Å². The summed E-state index contributed by atoms with van der Waals surface area (Å²) in [6.45, 7) is 6.17. The van der Waals surface area contributed by atoms with Gasteiger partial charge in [-0.3, -0.25) is 0 Å². The molecule has 0 aromatic carbocycles. The SMILES string of the molecule is Cc1cc(-c2cnc(NC3CCC3)nc2C(C)C)on1. The van der Waals surface area contributed by atoms with E-state index in [9.17, 15) is 0 Å². The van der Waals surface area contributed by atoms with Crippen LogP contribution < -0.4 is 5.32 Å². The van der Waals surface area contributed by atoms with Crippen LogP contribution in [0.25, 0.3) is 11.3 Å². The van der Waals surface area contributed by atoms with Crippen LogP contribution in [0.4, 0.5) is 5.95 Å². The predicted molar refractivity (Wildman–Crippen MR) is 77.6 cm³/mol. The molecule has 1 fully saturated rings. The Morgan fingerprint density at radius 2 is 2.15 bits per heavy atom. The fourth-order valence-corrected chi connectivity index (χ4v) is 2.32. The minimum atomic E-state index is 0.306. The summed E-state index contributed by atoms with van der Waals surface area (Å²) in [6.07, 6.45) is 5.56. The number of hydrogen-bond donors (Lipinski definition) is 1. The van der Waals surface area contributed by atoms with Gasteiger partial charge in [0.25, 0.3) is 0 Å². The first-order valence-corrected chi connectivity index (χ1v) is 7.20. The molecule has 1 N–H and O–H groups in total. The van der Waals surface area contributed by atoms with Gasteiger partial charge >= 0.3 is 0 Å². The highest BCUT2D eigenvalue weighted by molar-refractivity contribution is 5.61. The molecule has 2 heterocycles. The molecule has 2 aromatic heterocycles. The van der Waals surface area contributed by atoms with Crippen molar-refractivity contribution in [1.82, 2.24) is 15.1 Å². The second-order valence-corrected chi connectivity index (χ2v) is 5.75. The molecular weight excluding hydrogens is 252 g/mol. The van der Waals surface area contributed by atoms with E-state index in [1.807, 2.05) is 19.2 Å². The third-order valence-corrected chi connectivity index (χ3v) is 3.70. The Kier molecular flexibility index (Phi) is 3.42. The molecule has 2 aromatic rings. The maximum absolute atomic E-state index is 5.34. The highest BCUT2D eigenvalue weighted by atomic mass is 16.5. The molecule has 0 bridgehead atoms. The lowest BCUT2D eigenvalue weighted by atomic mass is 9.93. The van der Waals surface area contributed by atoms with E-state index < -0.39 is 0 Å². The van der Waals surface area contributed by atoms with Crippen LogP contribution in [-0.4, -0.2) is 21.2 Å². The average molecular weight is 272 g/mol. The number of aryl methyl sites for hydroxylation is 1. The van der Waals surface area contributed by atoms with Crippen LogP contribution in [-0.2, 0) is 0 Å². The third kappa shape index (κ3) is 2.53. The lowest BCUT2D eigenvalue weighted by Gasteiger charge is -2.26. The number of rotatable bonds is 4. The molecule has 0 amide bonds. The fourth-order valence-electron chi connectivity index (χ4n) is 2.32. The molecule has 0 saturated heterocycles. The highest BCUT2D eigenvalue weighted by Gasteiger charge is 2.20. The van der Waals surface area contributed by atoms with Crippen LogP contribution in [0.2, 0.25) is 0 Å². The summed E-state index contributed by atoms with van der Waals surface area (Å²) in [4.78, 5) is 9.09. The zero-order valence-corrected chi connectivity index (χ0v) is 12.2. The van der Waals surface area contributed by atoms with Gasteiger partial charge in [-0.25, -0.2) is 9.97 Å². The van der Waals surface area contributed by atoms with E-state index in [1.54, 1.807) is 0 Å². The first-order valence-electron chi connectivity index (χ1n) is 7.20. The van der Waals surface area contributed by atoms with Crippen LogP contribution in [0.1, 0.15) is 50.4 Å². The summed E-state index contributed by atoms with van der Waals surface area (Å²) in [7, 11) is 0. The lowest BCUT2D eigenvalue weighted by molar-refractivity contribution is 0.426. The Morgan fingerprint density at radius 3 is 2.70 bits per heavy atom. The number of anilines is 1. The van der Waals surface area contributed by atoms with Crippen molar-refractivity contribution in [3.63, 3.8) is 0 Å². The predicted octanol–water partition coefficient (Wildman–Crippen LogP) is 3.53. The van der Waals surface area contributed by atoms with Crippen molar-refractivity contribution in [3.8, 4) is 11.3 Å². The Balaban J connectivity index is 1.93. The van der Waals surface area contributed by atoms with Crippen LogP contribution in [0.15, 0.2) is 16.8 Å². The van der Waals surface area contributed by atoms with Gasteiger partial charge in [-0.05, 0) is 32.1 Å². The van der Waals surface area contributed by atoms with Crippen molar-refractivity contribution >= 4 is 5.95 Å². The minimum absolute atomic E-state index is 0.306. The normalized spacial score (nSPS) is 15.4. The minimum Gasteiger partial charge on any atom is -0.356 e. The van der Waals surface area contributed by atoms with Gasteiger partial charge in [-0.1, -0.05) is 19.0 Å². The maximum Gasteiger partial charge on any atom is 0.223 e. The Bertz CT molecular complexity index is 602. The molecule has 0 atom stereocenters. The van der Waals surface area contributed by atoms with E-state index in [2.05, 4.69) is 34.3 Å². The van der Waals surface area contributed by atoms with Gasteiger partial charge in [0.15, 0.2) is 5.76 Å². The molecule has 5 heteroatoms. The van der Waals surface area contributed by atoms with Crippen molar-refractivity contribution in [2.75, 3.05) is 5.32 Å². The number of nitrogens with one attached hydrogen (secondary N) is 1. The summed E-state index contributed by atoms with van der Waals surface area (Å²) in [5.74, 6) is 1.76. The fraction of sp³-hybridized carbons (Fsp3) is 0.533. The summed E-state index contributed by atoms with van der Waals surface area (Å²) in [5.41, 5.74) is 2.80. The monoisotopic (exact) mass is 272 g/mol. The van der Waals surface area contributed by atoms with Gasteiger partial charge in [0.1, 0.15) is 0 Å². The Labute approximate surface area is 118 Å². The second kappa shape index (κ2) is 5.23. The van der Waals surface area contributed by atoms with E-state index in [4.69, 9.17) is 4.52 Å². The first-order chi connectivity index (χ1) is 9.63. The molecule has 0 radical (unpaired) electrons. The summed E-state index contributed by atoms with van der Waals surface area (Å²) < 4.78 is 5.34. The van der Waals surface area contributed by atoms with Crippen LogP contribution in [0.3, 0.4) is 0 Å². The third-order valence-electron chi connectivity index (χ3n) is 3.70. The molecule has 0 unspecified atom stereocenters. The standard InChI is InChI=1S/C15H20N4O/c1-9(2)14-12(13-7-10(3)19-20-13)8-16-15(18-14)17-11-5-4-6-11/h7-9,11H,4-6H2,1-3H3,(H,16,17,18). The van der Waals surface area contributed by atoms with Crippen molar-refractivity contribution in [3.05, 3.63) is 23.7 Å². The Morgan fingerprint density at radius 1 is 1.35 bits per heavy atom. The van der Waals surface area contributed by atoms with E-state index in [0.29, 0.717) is 12.0 Å². The molecule has 1 aliphatic carbocycles. The molecule has 3 rings (SSSR count). The molecular formula is C15H20N4O. The zero-order chi connectivity index (χ0) is 14.1. The van der Waals surface area contributed by atoms with Gasteiger partial charge < -0.3 is 9.84 Å². The van der Waals surface area contributed by atoms with E-state index >= 15 is 0 Å². The van der Waals surface area contributed by atoms with Crippen molar-refractivity contribution < 1.29 is 4.52 Å². The van der Waals surface area contributed by atoms with Crippen LogP contribution in [0, 0.1) is 6.92 Å². The smallest absolute Gasteiger partial charge is 0.223 e. The largest absolute Gasteiger partial charge is 0.356 e. The lowest BCUT2D eigenvalue weighted by Crippen LogP contribution is -2.28. The molecule has 0 spiro atoms. The second-order valence-electron chi connectivity index (χ2n) is 5.75. The molecule has 106 valence electrons. The Hall–Kier alpha value is -1.91. The van der Waals surface area contributed by atoms with Gasteiger partial charge in [0.2, 0.25) is 5.95 Å². The van der Waals surface area contributed by atoms with E-state index in [-0.39, 0.29) is 0 Å². The molecule has 5 nitrogen and oxygen atoms in total. The highest BCUT2D eigenvalue weighted by Crippen LogP contribution is 2.29. The maximum atomic E-state index is 5.34. The van der Waals surface area contributed by atoms with Crippen molar-refractivity contribution in [1.29, 1.82) is 0 Å². The van der Waals surface area contributed by atoms with Gasteiger partial charge in [0, 0.05) is 18.3 Å². The van der Waals surface area contributed by atoms with Gasteiger partial charge in [-0.2, -0.15) is 0 Å².